The minimum atomic E-state index is 0. The average molecular weight is 122 g/mol. The minimum Gasteiger partial charge on any atom is -0.366 e. The van der Waals surface area contributed by atoms with Gasteiger partial charge in [0.15, 0.2) is 0 Å². The molecular weight excluding hydrogens is 115 g/mol. The van der Waals surface area contributed by atoms with Gasteiger partial charge >= 0.3 is 18.9 Å². The van der Waals surface area contributed by atoms with Crippen molar-refractivity contribution in [3.63, 3.8) is 0 Å². The average Bonchev–Trinajstić information content (AvgIpc) is 1.90. The van der Waals surface area contributed by atoms with Gasteiger partial charge in [-0.05, 0) is 6.92 Å². The fourth-order valence-corrected chi connectivity index (χ4v) is 0.637. The Morgan fingerprint density at radius 1 is 1.20 bits per heavy atom. The molecule has 0 saturated heterocycles. The van der Waals surface area contributed by atoms with Gasteiger partial charge in [-0.15, -0.1) is 17.7 Å². The third-order valence-corrected chi connectivity index (χ3v) is 1.20. The number of hydrogen-bond donors (Lipinski definition) is 0. The molecule has 0 aliphatic heterocycles. The van der Waals surface area contributed by atoms with E-state index in [9.17, 15) is 0 Å². The second kappa shape index (κ2) is 4.23. The molecule has 0 aliphatic carbocycles. The molecule has 0 unspecified atom stereocenters. The molecule has 1 rings (SSSR count). The smallest absolute Gasteiger partial charge is 0.366 e. The van der Waals surface area contributed by atoms with Crippen LogP contribution in [0.15, 0.2) is 24.3 Å². The summed E-state index contributed by atoms with van der Waals surface area (Å²) in [5, 5.41) is 0. The predicted molar refractivity (Wildman–Crippen MR) is 37.4 cm³/mol. The summed E-state index contributed by atoms with van der Waals surface area (Å²) in [5.41, 5.74) is 2.05. The van der Waals surface area contributed by atoms with E-state index in [1.165, 1.54) is 5.56 Å². The Morgan fingerprint density at radius 2 is 1.70 bits per heavy atom. The largest absolute Gasteiger partial charge is 1.00 e. The van der Waals surface area contributed by atoms with Crippen LogP contribution in [0, 0.1) is 19.3 Å². The van der Waals surface area contributed by atoms with E-state index < -0.39 is 0 Å². The molecule has 0 N–H and O–H groups in total. The first-order valence-electron chi connectivity index (χ1n) is 2.82. The van der Waals surface area contributed by atoms with Crippen LogP contribution in [0.25, 0.3) is 0 Å². The molecule has 0 spiro atoms. The summed E-state index contributed by atoms with van der Waals surface area (Å²) < 4.78 is 0. The quantitative estimate of drug-likeness (QED) is 0.234. The van der Waals surface area contributed by atoms with Crippen LogP contribution in [-0.2, 0) is 0 Å². The monoisotopic (exact) mass is 122 g/mol. The molecule has 0 atom stereocenters. The van der Waals surface area contributed by atoms with Gasteiger partial charge in [-0.25, -0.2) is 0 Å². The van der Waals surface area contributed by atoms with Crippen molar-refractivity contribution >= 4 is 0 Å². The Morgan fingerprint density at radius 3 is 2.10 bits per heavy atom. The molecule has 0 saturated carbocycles. The van der Waals surface area contributed by atoms with Crippen molar-refractivity contribution in [1.82, 2.24) is 0 Å². The molecule has 0 radical (unpaired) electrons. The summed E-state index contributed by atoms with van der Waals surface area (Å²) in [7, 11) is 0. The van der Waals surface area contributed by atoms with Crippen LogP contribution >= 0.6 is 0 Å². The SMILES string of the molecule is [C-]#Cc1ccc(C)cc1.[Li+]. The Labute approximate surface area is 73.8 Å². The fourth-order valence-electron chi connectivity index (χ4n) is 0.637. The first-order chi connectivity index (χ1) is 4.33. The topological polar surface area (TPSA) is 0 Å². The second-order valence-electron chi connectivity index (χ2n) is 1.99. The van der Waals surface area contributed by atoms with Crippen LogP contribution in [0.2, 0.25) is 0 Å². The zero-order valence-corrected chi connectivity index (χ0v) is 6.31. The van der Waals surface area contributed by atoms with Gasteiger partial charge in [-0.2, -0.15) is 0 Å². The molecule has 1 aromatic rings. The Hall–Kier alpha value is -0.623. The van der Waals surface area contributed by atoms with Gasteiger partial charge < -0.3 is 6.42 Å². The predicted octanol–water partition coefficient (Wildman–Crippen LogP) is -1.06. The summed E-state index contributed by atoms with van der Waals surface area (Å²) in [6.07, 6.45) is 6.76. The van der Waals surface area contributed by atoms with Crippen molar-refractivity contribution in [2.24, 2.45) is 0 Å². The van der Waals surface area contributed by atoms with E-state index in [-0.39, 0.29) is 18.9 Å². The maximum atomic E-state index is 6.76. The summed E-state index contributed by atoms with van der Waals surface area (Å²) in [5.74, 6) is 2.30. The maximum Gasteiger partial charge on any atom is 1.00 e. The molecule has 10 heavy (non-hydrogen) atoms. The number of aryl methyl sites for hydroxylation is 1. The van der Waals surface area contributed by atoms with E-state index in [2.05, 4.69) is 5.92 Å². The molecule has 0 amide bonds. The Kier molecular flexibility index (Phi) is 3.97. The summed E-state index contributed by atoms with van der Waals surface area (Å²) in [4.78, 5) is 0. The molecule has 1 aromatic carbocycles. The van der Waals surface area contributed by atoms with Gasteiger partial charge in [0.25, 0.3) is 0 Å². The van der Waals surface area contributed by atoms with Gasteiger partial charge in [0.1, 0.15) is 0 Å². The van der Waals surface area contributed by atoms with Crippen LogP contribution < -0.4 is 18.9 Å². The normalized spacial score (nSPS) is 7.60. The first kappa shape index (κ1) is 9.38. The van der Waals surface area contributed by atoms with E-state index in [0.717, 1.165) is 5.56 Å². The zero-order chi connectivity index (χ0) is 6.69. The zero-order valence-electron chi connectivity index (χ0n) is 6.31. The molecule has 0 nitrogen and oxygen atoms in total. The molecule has 0 aromatic heterocycles. The fraction of sp³-hybridized carbons (Fsp3) is 0.111. The van der Waals surface area contributed by atoms with Crippen LogP contribution in [0.1, 0.15) is 11.1 Å². The summed E-state index contributed by atoms with van der Waals surface area (Å²) >= 11 is 0. The third-order valence-electron chi connectivity index (χ3n) is 1.20. The molecular formula is C9H7Li. The molecule has 0 heterocycles. The van der Waals surface area contributed by atoms with Crippen LogP contribution in [0.4, 0.5) is 0 Å². The molecule has 0 fully saturated rings. The molecule has 0 bridgehead atoms. The van der Waals surface area contributed by atoms with E-state index in [1.54, 1.807) is 0 Å². The maximum absolute atomic E-state index is 6.76. The number of benzene rings is 1. The Balaban J connectivity index is 0.000000810. The molecule has 44 valence electrons. The molecule has 0 aliphatic rings. The van der Waals surface area contributed by atoms with Crippen molar-refractivity contribution in [3.05, 3.63) is 41.8 Å². The van der Waals surface area contributed by atoms with Crippen LogP contribution in [-0.4, -0.2) is 0 Å². The van der Waals surface area contributed by atoms with E-state index in [0.29, 0.717) is 0 Å². The second-order valence-corrected chi connectivity index (χ2v) is 1.99. The summed E-state index contributed by atoms with van der Waals surface area (Å²) in [6.45, 7) is 2.02. The van der Waals surface area contributed by atoms with E-state index in [1.807, 2.05) is 31.2 Å². The van der Waals surface area contributed by atoms with Gasteiger partial charge in [0, 0.05) is 0 Å². The van der Waals surface area contributed by atoms with Gasteiger partial charge in [-0.3, -0.25) is 5.92 Å². The number of hydrogen-bond acceptors (Lipinski definition) is 0. The van der Waals surface area contributed by atoms with Crippen LogP contribution in [0.5, 0.6) is 0 Å². The van der Waals surface area contributed by atoms with E-state index >= 15 is 0 Å². The third kappa shape index (κ3) is 2.32. The summed E-state index contributed by atoms with van der Waals surface area (Å²) in [6, 6.07) is 7.69. The minimum absolute atomic E-state index is 0. The van der Waals surface area contributed by atoms with Gasteiger partial charge in [0.05, 0.1) is 0 Å². The number of rotatable bonds is 0. The van der Waals surface area contributed by atoms with Crippen LogP contribution in [0.3, 0.4) is 0 Å². The van der Waals surface area contributed by atoms with Crippen molar-refractivity contribution < 1.29 is 18.9 Å². The standard InChI is InChI=1S/C9H7.Li/c1-3-9-6-4-8(2)5-7-9;/h4-7H,2H3;/q-1;+1. The van der Waals surface area contributed by atoms with Crippen molar-refractivity contribution in [2.45, 2.75) is 6.92 Å². The first-order valence-corrected chi connectivity index (χ1v) is 2.82. The van der Waals surface area contributed by atoms with Crippen molar-refractivity contribution in [2.75, 3.05) is 0 Å². The van der Waals surface area contributed by atoms with Gasteiger partial charge in [-0.1, -0.05) is 17.7 Å². The van der Waals surface area contributed by atoms with Crippen molar-refractivity contribution in [3.8, 4) is 5.92 Å². The van der Waals surface area contributed by atoms with E-state index in [4.69, 9.17) is 6.42 Å². The molecule has 1 heteroatoms. The van der Waals surface area contributed by atoms with Gasteiger partial charge in [0.2, 0.25) is 0 Å². The van der Waals surface area contributed by atoms with Crippen molar-refractivity contribution in [1.29, 1.82) is 0 Å². The Bertz CT molecular complexity index is 228.